The molecule has 0 aliphatic heterocycles. The molecule has 2 aromatic rings. The number of carbonyl (C=O) groups excluding carboxylic acids is 1. The van der Waals surface area contributed by atoms with Crippen LogP contribution in [0.15, 0.2) is 30.5 Å². The Kier molecular flexibility index (Phi) is 6.69. The van der Waals surface area contributed by atoms with Crippen molar-refractivity contribution < 1.29 is 14.7 Å². The van der Waals surface area contributed by atoms with E-state index in [4.69, 9.17) is 11.6 Å². The summed E-state index contributed by atoms with van der Waals surface area (Å²) in [6.45, 7) is 5.75. The topological polar surface area (TPSA) is 92.2 Å². The van der Waals surface area contributed by atoms with Gasteiger partial charge in [0.05, 0.1) is 17.1 Å². The Bertz CT molecular complexity index is 808. The number of halogens is 1. The zero-order valence-corrected chi connectivity index (χ0v) is 15.7. The third-order valence-electron chi connectivity index (χ3n) is 3.92. The second-order valence-electron chi connectivity index (χ2n) is 6.52. The molecule has 26 heavy (non-hydrogen) atoms. The van der Waals surface area contributed by atoms with Gasteiger partial charge in [-0.2, -0.15) is 0 Å². The molecule has 0 saturated carbocycles. The van der Waals surface area contributed by atoms with E-state index >= 15 is 0 Å². The van der Waals surface area contributed by atoms with Crippen molar-refractivity contribution in [2.75, 3.05) is 6.54 Å². The van der Waals surface area contributed by atoms with Gasteiger partial charge < -0.3 is 10.4 Å². The molecular formula is C19H22ClN3O3. The highest BCUT2D eigenvalue weighted by molar-refractivity contribution is 6.33. The number of aromatic nitrogens is 2. The molecule has 1 atom stereocenters. The smallest absolute Gasteiger partial charge is 0.308 e. The van der Waals surface area contributed by atoms with Gasteiger partial charge in [0, 0.05) is 12.5 Å². The van der Waals surface area contributed by atoms with E-state index in [-0.39, 0.29) is 23.2 Å². The van der Waals surface area contributed by atoms with E-state index in [1.807, 2.05) is 45.0 Å². The van der Waals surface area contributed by atoms with E-state index in [2.05, 4.69) is 15.3 Å². The molecule has 0 bridgehead atoms. The van der Waals surface area contributed by atoms with E-state index in [0.29, 0.717) is 12.2 Å². The Morgan fingerprint density at radius 1 is 1.31 bits per heavy atom. The number of carbonyl (C=O) groups is 2. The van der Waals surface area contributed by atoms with Crippen LogP contribution in [-0.4, -0.2) is 33.5 Å². The highest BCUT2D eigenvalue weighted by atomic mass is 35.5. The van der Waals surface area contributed by atoms with Gasteiger partial charge in [0.1, 0.15) is 11.5 Å². The molecule has 1 amide bonds. The first-order valence-corrected chi connectivity index (χ1v) is 8.74. The highest BCUT2D eigenvalue weighted by Crippen LogP contribution is 2.17. The van der Waals surface area contributed by atoms with E-state index in [0.717, 1.165) is 11.1 Å². The molecule has 1 heterocycles. The number of amides is 1. The van der Waals surface area contributed by atoms with E-state index in [9.17, 15) is 14.7 Å². The molecule has 0 aliphatic rings. The largest absolute Gasteiger partial charge is 0.481 e. The van der Waals surface area contributed by atoms with Crippen molar-refractivity contribution in [3.63, 3.8) is 0 Å². The SMILES string of the molecule is Cc1cccc(CC(CNC(=O)c2nc(C(C)C)ncc2Cl)C(=O)O)c1. The van der Waals surface area contributed by atoms with Crippen molar-refractivity contribution in [2.24, 2.45) is 5.92 Å². The molecule has 0 spiro atoms. The Balaban J connectivity index is 2.08. The number of aliphatic carboxylic acids is 1. The predicted octanol–water partition coefficient (Wildman–Crippen LogP) is 3.24. The molecular weight excluding hydrogens is 354 g/mol. The maximum Gasteiger partial charge on any atom is 0.308 e. The maximum atomic E-state index is 12.4. The highest BCUT2D eigenvalue weighted by Gasteiger charge is 2.21. The van der Waals surface area contributed by atoms with Crippen LogP contribution in [0.1, 0.15) is 47.2 Å². The van der Waals surface area contributed by atoms with Gasteiger partial charge in [-0.15, -0.1) is 0 Å². The van der Waals surface area contributed by atoms with Gasteiger partial charge in [-0.1, -0.05) is 55.3 Å². The molecule has 2 rings (SSSR count). The normalized spacial score (nSPS) is 12.0. The fourth-order valence-corrected chi connectivity index (χ4v) is 2.67. The molecule has 0 radical (unpaired) electrons. The number of nitrogens with one attached hydrogen (secondary N) is 1. The predicted molar refractivity (Wildman–Crippen MR) is 99.5 cm³/mol. The number of hydrogen-bond donors (Lipinski definition) is 2. The quantitative estimate of drug-likeness (QED) is 0.775. The second-order valence-corrected chi connectivity index (χ2v) is 6.93. The van der Waals surface area contributed by atoms with Crippen LogP contribution in [-0.2, 0) is 11.2 Å². The number of aryl methyl sites for hydroxylation is 1. The van der Waals surface area contributed by atoms with Gasteiger partial charge in [-0.05, 0) is 18.9 Å². The maximum absolute atomic E-state index is 12.4. The zero-order chi connectivity index (χ0) is 19.3. The summed E-state index contributed by atoms with van der Waals surface area (Å²) in [5.74, 6) is -1.66. The molecule has 0 fully saturated rings. The minimum Gasteiger partial charge on any atom is -0.481 e. The zero-order valence-electron chi connectivity index (χ0n) is 15.0. The van der Waals surface area contributed by atoms with Crippen molar-refractivity contribution in [3.8, 4) is 0 Å². The van der Waals surface area contributed by atoms with Gasteiger partial charge in [0.25, 0.3) is 5.91 Å². The lowest BCUT2D eigenvalue weighted by Crippen LogP contribution is -2.34. The first-order valence-electron chi connectivity index (χ1n) is 8.37. The third kappa shape index (κ3) is 5.26. The summed E-state index contributed by atoms with van der Waals surface area (Å²) in [5.41, 5.74) is 2.03. The van der Waals surface area contributed by atoms with E-state index in [1.54, 1.807) is 0 Å². The molecule has 6 nitrogen and oxygen atoms in total. The standard InChI is InChI=1S/C19H22ClN3O3/c1-11(2)17-21-10-15(20)16(23-17)18(24)22-9-14(19(25)26)8-13-6-4-5-12(3)7-13/h4-7,10-11,14H,8-9H2,1-3H3,(H,22,24)(H,25,26). The summed E-state index contributed by atoms with van der Waals surface area (Å²) in [5, 5.41) is 12.2. The molecule has 0 saturated heterocycles. The van der Waals surface area contributed by atoms with Crippen molar-refractivity contribution in [1.29, 1.82) is 0 Å². The molecule has 1 aromatic carbocycles. The van der Waals surface area contributed by atoms with Crippen LogP contribution in [0.4, 0.5) is 0 Å². The number of hydrogen-bond acceptors (Lipinski definition) is 4. The number of nitrogens with zero attached hydrogens (tertiary/aromatic N) is 2. The minimum atomic E-state index is -0.969. The van der Waals surface area contributed by atoms with Crippen molar-refractivity contribution in [1.82, 2.24) is 15.3 Å². The van der Waals surface area contributed by atoms with Crippen LogP contribution in [0.2, 0.25) is 5.02 Å². The summed E-state index contributed by atoms with van der Waals surface area (Å²) in [6.07, 6.45) is 1.71. The fourth-order valence-electron chi connectivity index (χ4n) is 2.49. The molecule has 1 aromatic heterocycles. The van der Waals surface area contributed by atoms with Crippen LogP contribution >= 0.6 is 11.6 Å². The molecule has 7 heteroatoms. The number of carboxylic acid groups (broad SMARTS) is 1. The summed E-state index contributed by atoms with van der Waals surface area (Å²) in [6, 6.07) is 7.65. The molecule has 2 N–H and O–H groups in total. The third-order valence-corrected chi connectivity index (χ3v) is 4.19. The van der Waals surface area contributed by atoms with Gasteiger partial charge in [0.2, 0.25) is 0 Å². The lowest BCUT2D eigenvalue weighted by atomic mass is 9.98. The summed E-state index contributed by atoms with van der Waals surface area (Å²) in [4.78, 5) is 32.2. The number of benzene rings is 1. The minimum absolute atomic E-state index is 0.0144. The summed E-state index contributed by atoms with van der Waals surface area (Å²) < 4.78 is 0. The Hall–Kier alpha value is -2.47. The molecule has 138 valence electrons. The van der Waals surface area contributed by atoms with Crippen molar-refractivity contribution in [2.45, 2.75) is 33.1 Å². The van der Waals surface area contributed by atoms with Gasteiger partial charge in [-0.3, -0.25) is 9.59 Å². The summed E-state index contributed by atoms with van der Waals surface area (Å²) in [7, 11) is 0. The van der Waals surface area contributed by atoms with Crippen LogP contribution < -0.4 is 5.32 Å². The monoisotopic (exact) mass is 375 g/mol. The van der Waals surface area contributed by atoms with Crippen molar-refractivity contribution in [3.05, 3.63) is 58.1 Å². The van der Waals surface area contributed by atoms with E-state index in [1.165, 1.54) is 6.20 Å². The Morgan fingerprint density at radius 3 is 2.65 bits per heavy atom. The fraction of sp³-hybridized carbons (Fsp3) is 0.368. The lowest BCUT2D eigenvalue weighted by Gasteiger charge is -2.14. The lowest BCUT2D eigenvalue weighted by molar-refractivity contribution is -0.141. The van der Waals surface area contributed by atoms with Crippen LogP contribution in [0.25, 0.3) is 0 Å². The number of rotatable bonds is 7. The summed E-state index contributed by atoms with van der Waals surface area (Å²) >= 11 is 6.02. The second kappa shape index (κ2) is 8.76. The average Bonchev–Trinajstić information content (AvgIpc) is 2.58. The Morgan fingerprint density at radius 2 is 2.04 bits per heavy atom. The van der Waals surface area contributed by atoms with E-state index < -0.39 is 17.8 Å². The number of carboxylic acids is 1. The van der Waals surface area contributed by atoms with Crippen LogP contribution in [0.3, 0.4) is 0 Å². The Labute approximate surface area is 157 Å². The van der Waals surface area contributed by atoms with Crippen LogP contribution in [0, 0.1) is 12.8 Å². The first kappa shape index (κ1) is 19.8. The van der Waals surface area contributed by atoms with Gasteiger partial charge in [-0.25, -0.2) is 9.97 Å². The molecule has 1 unspecified atom stereocenters. The van der Waals surface area contributed by atoms with Crippen LogP contribution in [0.5, 0.6) is 0 Å². The first-order chi connectivity index (χ1) is 12.3. The van der Waals surface area contributed by atoms with Gasteiger partial charge >= 0.3 is 5.97 Å². The molecule has 0 aliphatic carbocycles. The van der Waals surface area contributed by atoms with Crippen molar-refractivity contribution >= 4 is 23.5 Å². The average molecular weight is 376 g/mol. The van der Waals surface area contributed by atoms with Gasteiger partial charge in [0.15, 0.2) is 0 Å².